The number of rotatable bonds is 1. The van der Waals surface area contributed by atoms with E-state index in [1.807, 2.05) is 13.8 Å². The fourth-order valence-electron chi connectivity index (χ4n) is 0. The molecule has 0 aliphatic rings. The number of alkyl halides is 3. The van der Waals surface area contributed by atoms with Crippen LogP contribution in [0, 0.1) is 5.92 Å². The van der Waals surface area contributed by atoms with Gasteiger partial charge in [-0.3, -0.25) is 4.79 Å². The van der Waals surface area contributed by atoms with Crippen molar-refractivity contribution < 1.29 is 4.79 Å². The maximum atomic E-state index is 10.1. The van der Waals surface area contributed by atoms with Gasteiger partial charge >= 0.3 is 0 Å². The lowest BCUT2D eigenvalue weighted by atomic mass is 10.1. The monoisotopic (exact) mass is 204 g/mol. The number of ketones is 1. The molecular formula is C6H11Cl3O. The van der Waals surface area contributed by atoms with Gasteiger partial charge in [0, 0.05) is 5.92 Å². The van der Waals surface area contributed by atoms with E-state index in [1.165, 1.54) is 0 Å². The summed E-state index contributed by atoms with van der Waals surface area (Å²) in [4.78, 5) is 10.1. The van der Waals surface area contributed by atoms with Gasteiger partial charge in [0.25, 0.3) is 0 Å². The third-order valence-corrected chi connectivity index (χ3v) is 0.813. The minimum Gasteiger partial charge on any atom is -0.300 e. The van der Waals surface area contributed by atoms with Crippen molar-refractivity contribution in [2.24, 2.45) is 5.92 Å². The summed E-state index contributed by atoms with van der Waals surface area (Å²) < 4.78 is -0.750. The van der Waals surface area contributed by atoms with E-state index in [-0.39, 0.29) is 11.7 Å². The second-order valence-corrected chi connectivity index (χ2v) is 3.99. The third kappa shape index (κ3) is 23.6. The van der Waals surface area contributed by atoms with Crippen LogP contribution in [0.3, 0.4) is 0 Å². The summed E-state index contributed by atoms with van der Waals surface area (Å²) in [5.74, 6) is 0.472. The van der Waals surface area contributed by atoms with Crippen molar-refractivity contribution in [2.45, 2.75) is 25.1 Å². The highest BCUT2D eigenvalue weighted by atomic mass is 35.6. The second kappa shape index (κ2) is 7.64. The summed E-state index contributed by atoms with van der Waals surface area (Å²) in [7, 11) is 0. The molecule has 4 heteroatoms. The van der Waals surface area contributed by atoms with Crippen LogP contribution in [0.2, 0.25) is 0 Å². The molecule has 0 N–H and O–H groups in total. The Morgan fingerprint density at radius 2 is 1.30 bits per heavy atom. The van der Waals surface area contributed by atoms with Gasteiger partial charge in [-0.1, -0.05) is 48.7 Å². The molecule has 0 spiro atoms. The smallest absolute Gasteiger partial charge is 0.180 e. The van der Waals surface area contributed by atoms with Gasteiger partial charge in [-0.15, -0.1) is 0 Å². The number of hydrogen-bond acceptors (Lipinski definition) is 1. The first-order valence-electron chi connectivity index (χ1n) is 2.80. The molecule has 0 aliphatic carbocycles. The van der Waals surface area contributed by atoms with E-state index >= 15 is 0 Å². The van der Waals surface area contributed by atoms with Crippen molar-refractivity contribution in [2.75, 3.05) is 0 Å². The van der Waals surface area contributed by atoms with E-state index < -0.39 is 4.30 Å². The molecule has 0 saturated carbocycles. The SMILES string of the molecule is CC(=O)C(C)C.ClC(Cl)Cl. The molecular weight excluding hydrogens is 194 g/mol. The van der Waals surface area contributed by atoms with Gasteiger partial charge in [0.05, 0.1) is 0 Å². The minimum atomic E-state index is -0.750. The summed E-state index contributed by atoms with van der Waals surface area (Å²) in [5, 5.41) is 0. The van der Waals surface area contributed by atoms with Crippen LogP contribution in [-0.2, 0) is 4.79 Å². The van der Waals surface area contributed by atoms with Crippen molar-refractivity contribution in [1.82, 2.24) is 0 Å². The van der Waals surface area contributed by atoms with Gasteiger partial charge in [0.1, 0.15) is 5.78 Å². The van der Waals surface area contributed by atoms with Crippen molar-refractivity contribution in [3.05, 3.63) is 0 Å². The molecule has 0 fully saturated rings. The molecule has 62 valence electrons. The molecule has 0 bridgehead atoms. The summed E-state index contributed by atoms with van der Waals surface area (Å²) in [6.45, 7) is 5.38. The highest BCUT2D eigenvalue weighted by Gasteiger charge is 1.95. The molecule has 0 aromatic heterocycles. The van der Waals surface area contributed by atoms with Crippen LogP contribution in [0.25, 0.3) is 0 Å². The van der Waals surface area contributed by atoms with Crippen LogP contribution >= 0.6 is 34.8 Å². The van der Waals surface area contributed by atoms with E-state index in [4.69, 9.17) is 34.8 Å². The van der Waals surface area contributed by atoms with Gasteiger partial charge < -0.3 is 0 Å². The molecule has 0 aliphatic heterocycles. The topological polar surface area (TPSA) is 17.1 Å². The molecule has 0 amide bonds. The average Bonchev–Trinajstić information content (AvgIpc) is 1.63. The summed E-state index contributed by atoms with van der Waals surface area (Å²) in [6, 6.07) is 0. The van der Waals surface area contributed by atoms with Crippen LogP contribution in [0.15, 0.2) is 0 Å². The standard InChI is InChI=1S/C5H10O.CHCl3/c1-4(2)5(3)6;2-1(3)4/h4H,1-3H3;1H. The Balaban J connectivity index is 0. The highest BCUT2D eigenvalue weighted by molar-refractivity contribution is 6.63. The third-order valence-electron chi connectivity index (χ3n) is 0.813. The summed E-state index contributed by atoms with van der Waals surface area (Å²) in [6.07, 6.45) is 0. The summed E-state index contributed by atoms with van der Waals surface area (Å²) in [5.41, 5.74) is 0. The van der Waals surface area contributed by atoms with Gasteiger partial charge in [0.15, 0.2) is 4.30 Å². The van der Waals surface area contributed by atoms with Crippen molar-refractivity contribution in [1.29, 1.82) is 0 Å². The molecule has 0 aromatic rings. The van der Waals surface area contributed by atoms with E-state index in [0.717, 1.165) is 0 Å². The number of halogens is 3. The highest BCUT2D eigenvalue weighted by Crippen LogP contribution is 2.03. The minimum absolute atomic E-state index is 0.213. The second-order valence-electron chi connectivity index (χ2n) is 2.01. The lowest BCUT2D eigenvalue weighted by Crippen LogP contribution is -1.98. The lowest BCUT2D eigenvalue weighted by molar-refractivity contribution is -0.119. The zero-order valence-electron chi connectivity index (χ0n) is 6.20. The number of Topliss-reactive ketones (excluding diaryl/α,β-unsaturated/α-hetero) is 1. The van der Waals surface area contributed by atoms with Crippen LogP contribution in [0.4, 0.5) is 0 Å². The Kier molecular flexibility index (Phi) is 10.1. The van der Waals surface area contributed by atoms with Gasteiger partial charge in [-0.2, -0.15) is 0 Å². The zero-order valence-corrected chi connectivity index (χ0v) is 8.46. The fraction of sp³-hybridized carbons (Fsp3) is 0.833. The van der Waals surface area contributed by atoms with Crippen LogP contribution in [0.5, 0.6) is 0 Å². The van der Waals surface area contributed by atoms with Crippen molar-refractivity contribution in [3.63, 3.8) is 0 Å². The Morgan fingerprint density at radius 3 is 1.30 bits per heavy atom. The molecule has 0 heterocycles. The fourth-order valence-corrected chi connectivity index (χ4v) is 0. The Bertz CT molecular complexity index is 88.2. The maximum Gasteiger partial charge on any atom is 0.180 e. The van der Waals surface area contributed by atoms with E-state index in [0.29, 0.717) is 0 Å². The van der Waals surface area contributed by atoms with Crippen LogP contribution < -0.4 is 0 Å². The van der Waals surface area contributed by atoms with Crippen molar-refractivity contribution in [3.8, 4) is 0 Å². The average molecular weight is 206 g/mol. The zero-order chi connectivity index (χ0) is 8.73. The molecule has 0 atom stereocenters. The Labute approximate surface area is 76.6 Å². The number of carbonyl (C=O) groups excluding carboxylic acids is 1. The maximum absolute atomic E-state index is 10.1. The molecule has 0 radical (unpaired) electrons. The molecule has 0 saturated heterocycles. The lowest BCUT2D eigenvalue weighted by Gasteiger charge is -1.90. The predicted molar refractivity (Wildman–Crippen MR) is 46.9 cm³/mol. The molecule has 10 heavy (non-hydrogen) atoms. The van der Waals surface area contributed by atoms with Crippen LogP contribution in [-0.4, -0.2) is 10.1 Å². The van der Waals surface area contributed by atoms with Crippen molar-refractivity contribution >= 4 is 40.6 Å². The normalized spacial score (nSPS) is 9.20. The van der Waals surface area contributed by atoms with E-state index in [9.17, 15) is 4.79 Å². The molecule has 0 aromatic carbocycles. The first-order chi connectivity index (χ1) is 4.37. The summed E-state index contributed by atoms with van der Waals surface area (Å²) >= 11 is 14.4. The molecule has 0 rings (SSSR count). The number of hydrogen-bond donors (Lipinski definition) is 0. The molecule has 1 nitrogen and oxygen atoms in total. The molecule has 0 unspecified atom stereocenters. The largest absolute Gasteiger partial charge is 0.300 e. The quantitative estimate of drug-likeness (QED) is 0.601. The van der Waals surface area contributed by atoms with Gasteiger partial charge in [-0.25, -0.2) is 0 Å². The van der Waals surface area contributed by atoms with Crippen LogP contribution in [0.1, 0.15) is 20.8 Å². The van der Waals surface area contributed by atoms with E-state index in [2.05, 4.69) is 0 Å². The van der Waals surface area contributed by atoms with E-state index in [1.54, 1.807) is 6.92 Å². The first kappa shape index (κ1) is 13.2. The van der Waals surface area contributed by atoms with Gasteiger partial charge in [-0.05, 0) is 6.92 Å². The Morgan fingerprint density at radius 1 is 1.20 bits per heavy atom. The predicted octanol–water partition coefficient (Wildman–Crippen LogP) is 3.22. The number of carbonyl (C=O) groups is 1. The van der Waals surface area contributed by atoms with Gasteiger partial charge in [0.2, 0.25) is 0 Å². The Hall–Kier alpha value is 0.540. The first-order valence-corrected chi connectivity index (χ1v) is 4.11.